The van der Waals surface area contributed by atoms with Gasteiger partial charge in [0.05, 0.1) is 6.54 Å². The monoisotopic (exact) mass is 385 g/mol. The van der Waals surface area contributed by atoms with Crippen LogP contribution in [0.15, 0.2) is 77.2 Å². The summed E-state index contributed by atoms with van der Waals surface area (Å²) in [5, 5.41) is 4.86. The van der Waals surface area contributed by atoms with E-state index in [4.69, 9.17) is 4.42 Å². The number of nitrogens with zero attached hydrogens (tertiary/aromatic N) is 2. The van der Waals surface area contributed by atoms with Crippen LogP contribution in [-0.4, -0.2) is 35.3 Å². The Kier molecular flexibility index (Phi) is 5.07. The molecule has 3 aromatic carbocycles. The van der Waals surface area contributed by atoms with E-state index < -0.39 is 0 Å². The van der Waals surface area contributed by atoms with Crippen LogP contribution < -0.4 is 5.32 Å². The highest BCUT2D eigenvalue weighted by atomic mass is 16.3. The van der Waals surface area contributed by atoms with Gasteiger partial charge in [0.25, 0.3) is 0 Å². The highest BCUT2D eigenvalue weighted by Crippen LogP contribution is 2.22. The lowest BCUT2D eigenvalue weighted by Gasteiger charge is -2.15. The molecule has 0 aliphatic carbocycles. The quantitative estimate of drug-likeness (QED) is 0.525. The minimum absolute atomic E-state index is 0.0695. The summed E-state index contributed by atoms with van der Waals surface area (Å²) in [6, 6.07) is 20.9. The fourth-order valence-corrected chi connectivity index (χ4v) is 3.05. The number of para-hydroxylation sites is 2. The molecule has 0 saturated carbocycles. The topological polar surface area (TPSA) is 75.4 Å². The van der Waals surface area contributed by atoms with Gasteiger partial charge in [0.15, 0.2) is 5.58 Å². The SMILES string of the molecule is CN(CC(=O)Nc1cccc2ccccc12)C(=O)/C=C/c1nc2ccccc2o1. The van der Waals surface area contributed by atoms with Crippen molar-refractivity contribution < 1.29 is 14.0 Å². The molecule has 0 bridgehead atoms. The Labute approximate surface area is 167 Å². The first-order valence-electron chi connectivity index (χ1n) is 9.16. The van der Waals surface area contributed by atoms with E-state index in [1.807, 2.05) is 66.7 Å². The molecule has 0 unspecified atom stereocenters. The van der Waals surface area contributed by atoms with Crippen LogP contribution in [0.3, 0.4) is 0 Å². The van der Waals surface area contributed by atoms with Gasteiger partial charge in [-0.25, -0.2) is 4.98 Å². The van der Waals surface area contributed by atoms with Gasteiger partial charge in [0.1, 0.15) is 5.52 Å². The molecule has 6 nitrogen and oxygen atoms in total. The van der Waals surface area contributed by atoms with Gasteiger partial charge in [-0.3, -0.25) is 9.59 Å². The number of carbonyl (C=O) groups excluding carboxylic acids is 2. The lowest BCUT2D eigenvalue weighted by atomic mass is 10.1. The minimum atomic E-state index is -0.319. The van der Waals surface area contributed by atoms with E-state index in [0.717, 1.165) is 22.0 Å². The second kappa shape index (κ2) is 7.98. The Bertz CT molecular complexity index is 1190. The zero-order chi connectivity index (χ0) is 20.2. The molecule has 0 atom stereocenters. The van der Waals surface area contributed by atoms with E-state index in [2.05, 4.69) is 10.3 Å². The maximum Gasteiger partial charge on any atom is 0.246 e. The number of amides is 2. The van der Waals surface area contributed by atoms with Crippen molar-refractivity contribution in [1.82, 2.24) is 9.88 Å². The Balaban J connectivity index is 1.39. The molecule has 6 heteroatoms. The van der Waals surface area contributed by atoms with Crippen molar-refractivity contribution >= 4 is 45.4 Å². The number of carbonyl (C=O) groups is 2. The number of aromatic nitrogens is 1. The number of anilines is 1. The lowest BCUT2D eigenvalue weighted by Crippen LogP contribution is -2.33. The highest BCUT2D eigenvalue weighted by molar-refractivity contribution is 6.04. The standard InChI is InChI=1S/C23H19N3O3/c1-26(23(28)14-13-22-25-19-10-4-5-12-20(19)29-22)15-21(27)24-18-11-6-8-16-7-2-3-9-17(16)18/h2-14H,15H2,1H3,(H,24,27)/b14-13+. The molecule has 1 aromatic heterocycles. The van der Waals surface area contributed by atoms with E-state index in [1.54, 1.807) is 7.05 Å². The molecule has 0 saturated heterocycles. The first-order chi connectivity index (χ1) is 14.1. The molecular formula is C23H19N3O3. The average Bonchev–Trinajstić information content (AvgIpc) is 3.15. The molecule has 29 heavy (non-hydrogen) atoms. The molecule has 0 fully saturated rings. The summed E-state index contributed by atoms with van der Waals surface area (Å²) in [4.78, 5) is 30.3. The van der Waals surface area contributed by atoms with Gasteiger partial charge >= 0.3 is 0 Å². The van der Waals surface area contributed by atoms with E-state index in [-0.39, 0.29) is 18.4 Å². The summed E-state index contributed by atoms with van der Waals surface area (Å²) in [5.41, 5.74) is 2.10. The summed E-state index contributed by atoms with van der Waals surface area (Å²) in [6.45, 7) is -0.0695. The zero-order valence-electron chi connectivity index (χ0n) is 15.8. The second-order valence-electron chi connectivity index (χ2n) is 6.62. The lowest BCUT2D eigenvalue weighted by molar-refractivity contribution is -0.129. The van der Waals surface area contributed by atoms with Gasteiger partial charge in [-0.2, -0.15) is 0 Å². The van der Waals surface area contributed by atoms with E-state index in [0.29, 0.717) is 11.5 Å². The number of rotatable bonds is 5. The van der Waals surface area contributed by atoms with Gasteiger partial charge < -0.3 is 14.6 Å². The molecule has 144 valence electrons. The van der Waals surface area contributed by atoms with Crippen LogP contribution in [0.1, 0.15) is 5.89 Å². The van der Waals surface area contributed by atoms with E-state index in [9.17, 15) is 9.59 Å². The van der Waals surface area contributed by atoms with Crippen LogP contribution >= 0.6 is 0 Å². The average molecular weight is 385 g/mol. The molecule has 4 aromatic rings. The van der Waals surface area contributed by atoms with Gasteiger partial charge in [-0.15, -0.1) is 0 Å². The normalized spacial score (nSPS) is 11.2. The summed E-state index contributed by atoms with van der Waals surface area (Å²) < 4.78 is 5.55. The molecule has 0 radical (unpaired) electrons. The number of benzene rings is 3. The smallest absolute Gasteiger partial charge is 0.246 e. The first kappa shape index (κ1) is 18.4. The van der Waals surface area contributed by atoms with Gasteiger partial charge in [0, 0.05) is 30.3 Å². The van der Waals surface area contributed by atoms with Crippen LogP contribution in [0, 0.1) is 0 Å². The Hall–Kier alpha value is -3.93. The number of hydrogen-bond acceptors (Lipinski definition) is 4. The summed E-state index contributed by atoms with van der Waals surface area (Å²) in [5.74, 6) is -0.249. The maximum atomic E-state index is 12.4. The number of likely N-dealkylation sites (N-methyl/N-ethyl adjacent to an activating group) is 1. The third kappa shape index (κ3) is 4.16. The van der Waals surface area contributed by atoms with Crippen molar-refractivity contribution in [2.75, 3.05) is 18.9 Å². The fourth-order valence-electron chi connectivity index (χ4n) is 3.05. The van der Waals surface area contributed by atoms with Crippen molar-refractivity contribution in [3.05, 3.63) is 78.7 Å². The summed E-state index contributed by atoms with van der Waals surface area (Å²) in [7, 11) is 1.57. The van der Waals surface area contributed by atoms with E-state index >= 15 is 0 Å². The van der Waals surface area contributed by atoms with Crippen molar-refractivity contribution in [2.24, 2.45) is 0 Å². The molecule has 4 rings (SSSR count). The third-order valence-corrected chi connectivity index (χ3v) is 4.50. The van der Waals surface area contributed by atoms with Crippen LogP contribution in [0.25, 0.3) is 27.9 Å². The number of oxazole rings is 1. The van der Waals surface area contributed by atoms with Gasteiger partial charge in [0.2, 0.25) is 17.7 Å². The van der Waals surface area contributed by atoms with Crippen molar-refractivity contribution in [1.29, 1.82) is 0 Å². The largest absolute Gasteiger partial charge is 0.437 e. The molecule has 0 spiro atoms. The molecular weight excluding hydrogens is 366 g/mol. The third-order valence-electron chi connectivity index (χ3n) is 4.50. The zero-order valence-corrected chi connectivity index (χ0v) is 15.8. The Morgan fingerprint density at radius 2 is 1.79 bits per heavy atom. The molecule has 0 aliphatic heterocycles. The molecule has 1 heterocycles. The summed E-state index contributed by atoms with van der Waals surface area (Å²) >= 11 is 0. The van der Waals surface area contributed by atoms with Gasteiger partial charge in [-0.05, 0) is 23.6 Å². The van der Waals surface area contributed by atoms with Crippen molar-refractivity contribution in [3.8, 4) is 0 Å². The van der Waals surface area contributed by atoms with Crippen LogP contribution in [-0.2, 0) is 9.59 Å². The predicted octanol–water partition coefficient (Wildman–Crippen LogP) is 4.09. The minimum Gasteiger partial charge on any atom is -0.437 e. The molecule has 0 aliphatic rings. The van der Waals surface area contributed by atoms with Crippen LogP contribution in [0.2, 0.25) is 0 Å². The van der Waals surface area contributed by atoms with Crippen molar-refractivity contribution in [3.63, 3.8) is 0 Å². The maximum absolute atomic E-state index is 12.4. The second-order valence-corrected chi connectivity index (χ2v) is 6.62. The molecule has 1 N–H and O–H groups in total. The van der Waals surface area contributed by atoms with Crippen LogP contribution in [0.5, 0.6) is 0 Å². The van der Waals surface area contributed by atoms with E-state index in [1.165, 1.54) is 17.1 Å². The Morgan fingerprint density at radius 3 is 2.66 bits per heavy atom. The van der Waals surface area contributed by atoms with Crippen LogP contribution in [0.4, 0.5) is 5.69 Å². The van der Waals surface area contributed by atoms with Crippen molar-refractivity contribution in [2.45, 2.75) is 0 Å². The number of hydrogen-bond donors (Lipinski definition) is 1. The highest BCUT2D eigenvalue weighted by Gasteiger charge is 2.12. The first-order valence-corrected chi connectivity index (χ1v) is 9.16. The molecule has 2 amide bonds. The fraction of sp³-hybridized carbons (Fsp3) is 0.0870. The number of nitrogens with one attached hydrogen (secondary N) is 1. The number of fused-ring (bicyclic) bond motifs is 2. The summed E-state index contributed by atoms with van der Waals surface area (Å²) in [6.07, 6.45) is 2.84. The van der Waals surface area contributed by atoms with Gasteiger partial charge in [-0.1, -0.05) is 48.5 Å². The predicted molar refractivity (Wildman–Crippen MR) is 113 cm³/mol. The Morgan fingerprint density at radius 1 is 1.03 bits per heavy atom.